The Kier molecular flexibility index (Phi) is 5.62. The number of rotatable bonds is 7. The highest BCUT2D eigenvalue weighted by Crippen LogP contribution is 2.20. The highest BCUT2D eigenvalue weighted by Gasteiger charge is 2.31. The molecular weight excluding hydrogens is 407 g/mol. The predicted octanol–water partition coefficient (Wildman–Crippen LogP) is 3.47. The lowest BCUT2D eigenvalue weighted by atomic mass is 10.3. The van der Waals surface area contributed by atoms with Crippen LogP contribution in [0.3, 0.4) is 0 Å². The van der Waals surface area contributed by atoms with E-state index in [4.69, 9.17) is 21.4 Å². The number of amides is 1. The monoisotopic (exact) mass is 426 g/mol. The number of benzene rings is 1. The van der Waals surface area contributed by atoms with Gasteiger partial charge in [0.2, 0.25) is 0 Å². The fourth-order valence-electron chi connectivity index (χ4n) is 2.94. The summed E-state index contributed by atoms with van der Waals surface area (Å²) in [5, 5.41) is 7.48. The molecule has 1 aromatic carbocycles. The maximum atomic E-state index is 12.9. The lowest BCUT2D eigenvalue weighted by Gasteiger charge is -2.12. The smallest absolute Gasteiger partial charge is 0.276 e. The van der Waals surface area contributed by atoms with Crippen molar-refractivity contribution in [2.24, 2.45) is 0 Å². The molecule has 4 rings (SSSR count). The first-order chi connectivity index (χ1) is 14.5. The molecule has 3 heterocycles. The number of aromatic nitrogens is 2. The number of hydrogen-bond donors (Lipinski definition) is 1. The number of halogens is 1. The Morgan fingerprint density at radius 3 is 2.80 bits per heavy atom. The van der Waals surface area contributed by atoms with E-state index in [1.807, 2.05) is 13.1 Å². The van der Waals surface area contributed by atoms with Crippen molar-refractivity contribution in [3.05, 3.63) is 77.4 Å². The predicted molar refractivity (Wildman–Crippen MR) is 112 cm³/mol. The Hall–Kier alpha value is -3.46. The molecule has 1 aliphatic rings. The molecule has 0 radical (unpaired) electrons. The lowest BCUT2D eigenvalue weighted by Crippen LogP contribution is -2.29. The Morgan fingerprint density at radius 2 is 2.07 bits per heavy atom. The van der Waals surface area contributed by atoms with Crippen LogP contribution in [-0.4, -0.2) is 25.7 Å². The van der Waals surface area contributed by atoms with Gasteiger partial charge in [-0.25, -0.2) is 4.39 Å². The van der Waals surface area contributed by atoms with E-state index < -0.39 is 0 Å². The van der Waals surface area contributed by atoms with Crippen molar-refractivity contribution in [1.82, 2.24) is 20.0 Å². The lowest BCUT2D eigenvalue weighted by molar-refractivity contribution is -0.122. The first-order valence-corrected chi connectivity index (χ1v) is 9.75. The molecule has 3 aromatic rings. The van der Waals surface area contributed by atoms with Gasteiger partial charge in [-0.2, -0.15) is 5.10 Å². The second-order valence-corrected chi connectivity index (χ2v) is 7.02. The van der Waals surface area contributed by atoms with Crippen LogP contribution in [0.2, 0.25) is 0 Å². The van der Waals surface area contributed by atoms with Gasteiger partial charge in [0.25, 0.3) is 5.91 Å². The van der Waals surface area contributed by atoms with Crippen LogP contribution in [0.5, 0.6) is 5.75 Å². The molecule has 0 bridgehead atoms. The van der Waals surface area contributed by atoms with Crippen LogP contribution in [0, 0.1) is 5.82 Å². The van der Waals surface area contributed by atoms with Crippen LogP contribution in [0.15, 0.2) is 58.9 Å². The number of nitrogens with one attached hydrogen (secondary N) is 1. The first kappa shape index (κ1) is 19.8. The molecule has 1 N–H and O–H groups in total. The maximum Gasteiger partial charge on any atom is 0.276 e. The number of nitrogens with zero attached hydrogens (tertiary/aromatic N) is 3. The van der Waals surface area contributed by atoms with Crippen molar-refractivity contribution in [1.29, 1.82) is 0 Å². The Bertz CT molecular complexity index is 1100. The summed E-state index contributed by atoms with van der Waals surface area (Å²) in [7, 11) is 0. The van der Waals surface area contributed by atoms with E-state index >= 15 is 0 Å². The SMILES string of the molecule is CCn1cc(CN2C(=O)/C(=C\c3ccc(COc4ccc(F)cc4)o3)NC2=S)cn1. The quantitative estimate of drug-likeness (QED) is 0.461. The summed E-state index contributed by atoms with van der Waals surface area (Å²) in [4.78, 5) is 14.2. The van der Waals surface area contributed by atoms with Crippen LogP contribution in [-0.2, 0) is 24.5 Å². The van der Waals surface area contributed by atoms with E-state index in [0.717, 1.165) is 12.1 Å². The topological polar surface area (TPSA) is 72.5 Å². The number of ether oxygens (including phenoxy) is 1. The van der Waals surface area contributed by atoms with Gasteiger partial charge >= 0.3 is 0 Å². The Balaban J connectivity index is 1.40. The summed E-state index contributed by atoms with van der Waals surface area (Å²) in [6, 6.07) is 9.23. The van der Waals surface area contributed by atoms with Gasteiger partial charge in [0.05, 0.1) is 12.7 Å². The van der Waals surface area contributed by atoms with Crippen LogP contribution < -0.4 is 10.1 Å². The number of aryl methyl sites for hydroxylation is 1. The summed E-state index contributed by atoms with van der Waals surface area (Å²) >= 11 is 5.30. The number of hydrogen-bond acceptors (Lipinski definition) is 5. The average molecular weight is 426 g/mol. The standard InChI is InChI=1S/C21H19FN4O3S/c1-2-25-11-14(10-23-25)12-26-20(27)19(24-21(26)30)9-17-7-8-18(29-17)13-28-16-5-3-15(22)4-6-16/h3-11H,2,12-13H2,1H3,(H,24,30)/b19-9+. The number of thiocarbonyl (C=S) groups is 1. The minimum Gasteiger partial charge on any atom is -0.486 e. The molecular formula is C21H19FN4O3S. The van der Waals surface area contributed by atoms with Crippen molar-refractivity contribution in [3.63, 3.8) is 0 Å². The summed E-state index contributed by atoms with van der Waals surface area (Å²) < 4.78 is 26.0. The molecule has 2 aromatic heterocycles. The van der Waals surface area contributed by atoms with Gasteiger partial charge in [-0.3, -0.25) is 14.4 Å². The highest BCUT2D eigenvalue weighted by molar-refractivity contribution is 7.80. The second-order valence-electron chi connectivity index (χ2n) is 6.63. The molecule has 0 saturated carbocycles. The normalized spacial score (nSPS) is 15.1. The molecule has 9 heteroatoms. The van der Waals surface area contributed by atoms with E-state index in [1.54, 1.807) is 41.2 Å². The number of carbonyl (C=O) groups is 1. The summed E-state index contributed by atoms with van der Waals surface area (Å²) in [5.74, 6) is 1.04. The zero-order valence-corrected chi connectivity index (χ0v) is 17.0. The maximum absolute atomic E-state index is 12.9. The van der Waals surface area contributed by atoms with Crippen LogP contribution in [0.4, 0.5) is 4.39 Å². The molecule has 1 aliphatic heterocycles. The molecule has 1 fully saturated rings. The molecule has 0 atom stereocenters. The minimum atomic E-state index is -0.325. The van der Waals surface area contributed by atoms with Crippen molar-refractivity contribution >= 4 is 29.3 Å². The van der Waals surface area contributed by atoms with Gasteiger partial charge in [-0.05, 0) is 55.5 Å². The number of furan rings is 1. The van der Waals surface area contributed by atoms with E-state index in [2.05, 4.69) is 10.4 Å². The molecule has 7 nitrogen and oxygen atoms in total. The van der Waals surface area contributed by atoms with E-state index in [-0.39, 0.29) is 18.3 Å². The first-order valence-electron chi connectivity index (χ1n) is 9.35. The van der Waals surface area contributed by atoms with Crippen molar-refractivity contribution in [2.45, 2.75) is 26.6 Å². The van der Waals surface area contributed by atoms with Crippen molar-refractivity contribution < 1.29 is 18.3 Å². The third kappa shape index (κ3) is 4.41. The summed E-state index contributed by atoms with van der Waals surface area (Å²) in [5.41, 5.74) is 1.23. The van der Waals surface area contributed by atoms with Crippen molar-refractivity contribution in [3.8, 4) is 5.75 Å². The average Bonchev–Trinajstić information content (AvgIpc) is 3.45. The molecule has 0 unspecified atom stereocenters. The summed E-state index contributed by atoms with van der Waals surface area (Å²) in [6.07, 6.45) is 5.21. The Labute approximate surface area is 177 Å². The highest BCUT2D eigenvalue weighted by atomic mass is 32.1. The van der Waals surface area contributed by atoms with Gasteiger partial charge in [0.15, 0.2) is 5.11 Å². The summed E-state index contributed by atoms with van der Waals surface area (Å²) in [6.45, 7) is 3.28. The molecule has 30 heavy (non-hydrogen) atoms. The van der Waals surface area contributed by atoms with Crippen LogP contribution >= 0.6 is 12.2 Å². The van der Waals surface area contributed by atoms with Gasteiger partial charge in [-0.15, -0.1) is 0 Å². The molecule has 154 valence electrons. The van der Waals surface area contributed by atoms with E-state index in [9.17, 15) is 9.18 Å². The largest absolute Gasteiger partial charge is 0.486 e. The second kappa shape index (κ2) is 8.50. The minimum absolute atomic E-state index is 0.183. The van der Waals surface area contributed by atoms with Crippen LogP contribution in [0.25, 0.3) is 6.08 Å². The van der Waals surface area contributed by atoms with Gasteiger partial charge in [0.1, 0.15) is 35.4 Å². The fraction of sp³-hybridized carbons (Fsp3) is 0.190. The van der Waals surface area contributed by atoms with E-state index in [0.29, 0.717) is 34.6 Å². The molecule has 1 amide bonds. The molecule has 0 aliphatic carbocycles. The molecule has 1 saturated heterocycles. The third-order valence-electron chi connectivity index (χ3n) is 4.48. The zero-order valence-electron chi connectivity index (χ0n) is 16.2. The number of carbonyl (C=O) groups excluding carboxylic acids is 1. The van der Waals surface area contributed by atoms with E-state index in [1.165, 1.54) is 17.0 Å². The van der Waals surface area contributed by atoms with Crippen LogP contribution in [0.1, 0.15) is 24.0 Å². The fourth-order valence-corrected chi connectivity index (χ4v) is 3.19. The van der Waals surface area contributed by atoms with Gasteiger partial charge in [-0.1, -0.05) is 0 Å². The third-order valence-corrected chi connectivity index (χ3v) is 4.80. The molecule has 0 spiro atoms. The van der Waals surface area contributed by atoms with Gasteiger partial charge in [0, 0.05) is 24.4 Å². The van der Waals surface area contributed by atoms with Gasteiger partial charge < -0.3 is 14.5 Å². The Morgan fingerprint density at radius 1 is 1.27 bits per heavy atom. The van der Waals surface area contributed by atoms with Crippen molar-refractivity contribution in [2.75, 3.05) is 0 Å². The zero-order chi connectivity index (χ0) is 21.1.